The maximum atomic E-state index is 13.0. The van der Waals surface area contributed by atoms with Gasteiger partial charge in [-0.1, -0.05) is 41.9 Å². The van der Waals surface area contributed by atoms with E-state index in [1.807, 2.05) is 30.3 Å². The van der Waals surface area contributed by atoms with Gasteiger partial charge in [0.2, 0.25) is 0 Å². The molecule has 1 N–H and O–H groups in total. The minimum atomic E-state index is -0.198. The van der Waals surface area contributed by atoms with Gasteiger partial charge in [-0.15, -0.1) is 0 Å². The molecule has 0 saturated carbocycles. The quantitative estimate of drug-likeness (QED) is 0.862. The fourth-order valence-electron chi connectivity index (χ4n) is 2.83. The van der Waals surface area contributed by atoms with Crippen molar-refractivity contribution < 1.29 is 4.39 Å². The second kappa shape index (κ2) is 5.32. The molecule has 1 heterocycles. The summed E-state index contributed by atoms with van der Waals surface area (Å²) < 4.78 is 13.0. The van der Waals surface area contributed by atoms with Gasteiger partial charge in [-0.25, -0.2) is 4.39 Å². The number of hydrogen-bond acceptors (Lipinski definition) is 1. The predicted octanol–water partition coefficient (Wildman–Crippen LogP) is 4.30. The molecule has 0 aliphatic carbocycles. The molecule has 0 radical (unpaired) electrons. The Kier molecular flexibility index (Phi) is 3.54. The van der Waals surface area contributed by atoms with E-state index in [2.05, 4.69) is 11.4 Å². The Balaban J connectivity index is 1.94. The predicted molar refractivity (Wildman–Crippen MR) is 76.0 cm³/mol. The number of benzene rings is 2. The van der Waals surface area contributed by atoms with Crippen LogP contribution in [0.5, 0.6) is 0 Å². The van der Waals surface area contributed by atoms with Gasteiger partial charge in [0.05, 0.1) is 0 Å². The smallest absolute Gasteiger partial charge is 0.123 e. The fraction of sp³-hybridized carbons (Fsp3) is 0.250. The Morgan fingerprint density at radius 3 is 2.53 bits per heavy atom. The van der Waals surface area contributed by atoms with Crippen LogP contribution in [0, 0.1) is 5.82 Å². The maximum Gasteiger partial charge on any atom is 0.123 e. The highest BCUT2D eigenvalue weighted by Crippen LogP contribution is 2.40. The first-order valence-corrected chi connectivity index (χ1v) is 6.87. The molecule has 1 saturated heterocycles. The van der Waals surface area contributed by atoms with Gasteiger partial charge in [0.15, 0.2) is 0 Å². The zero-order valence-electron chi connectivity index (χ0n) is 10.4. The molecule has 1 aliphatic heterocycles. The van der Waals surface area contributed by atoms with Crippen molar-refractivity contribution in [1.82, 2.24) is 5.32 Å². The van der Waals surface area contributed by atoms with Crippen molar-refractivity contribution in [3.63, 3.8) is 0 Å². The average molecular weight is 276 g/mol. The van der Waals surface area contributed by atoms with Gasteiger partial charge in [-0.2, -0.15) is 0 Å². The van der Waals surface area contributed by atoms with Crippen LogP contribution in [0.1, 0.15) is 29.5 Å². The Hall–Kier alpha value is -1.38. The van der Waals surface area contributed by atoms with Crippen LogP contribution in [0.2, 0.25) is 5.02 Å². The molecule has 2 aromatic carbocycles. The lowest BCUT2D eigenvalue weighted by atomic mass is 9.88. The van der Waals surface area contributed by atoms with Crippen molar-refractivity contribution in [2.75, 3.05) is 6.54 Å². The van der Waals surface area contributed by atoms with E-state index in [9.17, 15) is 4.39 Å². The average Bonchev–Trinajstić information content (AvgIpc) is 2.89. The second-order valence-electron chi connectivity index (χ2n) is 4.90. The highest BCUT2D eigenvalue weighted by molar-refractivity contribution is 6.31. The van der Waals surface area contributed by atoms with Crippen LogP contribution in [0.3, 0.4) is 0 Å². The van der Waals surface area contributed by atoms with Gasteiger partial charge in [-0.05, 0) is 42.3 Å². The molecule has 19 heavy (non-hydrogen) atoms. The van der Waals surface area contributed by atoms with E-state index in [-0.39, 0.29) is 11.9 Å². The molecule has 0 aromatic heterocycles. The van der Waals surface area contributed by atoms with Crippen LogP contribution in [-0.4, -0.2) is 6.54 Å². The molecular formula is C16H15ClFN. The van der Waals surface area contributed by atoms with Crippen LogP contribution in [0.15, 0.2) is 48.5 Å². The number of hydrogen-bond donors (Lipinski definition) is 1. The Morgan fingerprint density at radius 2 is 1.79 bits per heavy atom. The van der Waals surface area contributed by atoms with Crippen molar-refractivity contribution >= 4 is 11.6 Å². The van der Waals surface area contributed by atoms with Crippen LogP contribution in [-0.2, 0) is 0 Å². The molecule has 0 amide bonds. The number of halogens is 2. The van der Waals surface area contributed by atoms with Crippen molar-refractivity contribution in [2.45, 2.75) is 18.4 Å². The highest BCUT2D eigenvalue weighted by atomic mass is 35.5. The molecule has 1 aliphatic rings. The van der Waals surface area contributed by atoms with Gasteiger partial charge in [0, 0.05) is 17.0 Å². The van der Waals surface area contributed by atoms with Gasteiger partial charge in [-0.3, -0.25) is 0 Å². The van der Waals surface area contributed by atoms with Crippen LogP contribution >= 0.6 is 11.6 Å². The minimum Gasteiger partial charge on any atom is -0.309 e. The summed E-state index contributed by atoms with van der Waals surface area (Å²) in [4.78, 5) is 0. The molecule has 2 unspecified atom stereocenters. The zero-order valence-corrected chi connectivity index (χ0v) is 11.2. The Bertz CT molecular complexity index is 567. The summed E-state index contributed by atoms with van der Waals surface area (Å²) in [5, 5.41) is 4.30. The molecule has 3 heteroatoms. The van der Waals surface area contributed by atoms with Crippen LogP contribution in [0.4, 0.5) is 4.39 Å². The van der Waals surface area contributed by atoms with Crippen molar-refractivity contribution in [2.24, 2.45) is 0 Å². The van der Waals surface area contributed by atoms with E-state index in [1.54, 1.807) is 0 Å². The largest absolute Gasteiger partial charge is 0.309 e. The summed E-state index contributed by atoms with van der Waals surface area (Å²) in [5.74, 6) is 0.148. The maximum absolute atomic E-state index is 13.0. The normalized spacial score (nSPS) is 22.6. The third-order valence-corrected chi connectivity index (χ3v) is 4.10. The number of nitrogens with one attached hydrogen (secondary N) is 1. The fourth-order valence-corrected chi connectivity index (χ4v) is 3.11. The molecule has 1 fully saturated rings. The highest BCUT2D eigenvalue weighted by Gasteiger charge is 2.30. The van der Waals surface area contributed by atoms with Gasteiger partial charge in [0.1, 0.15) is 5.82 Å². The lowest BCUT2D eigenvalue weighted by Gasteiger charge is -2.21. The molecule has 0 spiro atoms. The van der Waals surface area contributed by atoms with Gasteiger partial charge < -0.3 is 5.32 Å². The van der Waals surface area contributed by atoms with E-state index in [0.717, 1.165) is 23.6 Å². The minimum absolute atomic E-state index is 0.198. The molecule has 98 valence electrons. The van der Waals surface area contributed by atoms with Crippen LogP contribution in [0.25, 0.3) is 0 Å². The molecular weight excluding hydrogens is 261 g/mol. The third-order valence-electron chi connectivity index (χ3n) is 3.76. The Morgan fingerprint density at radius 1 is 1.05 bits per heavy atom. The van der Waals surface area contributed by atoms with Gasteiger partial charge in [0.25, 0.3) is 0 Å². The standard InChI is InChI=1S/C16H15ClFN/c17-15-4-2-1-3-13(15)14-9-10-19-16(14)11-5-7-12(18)8-6-11/h1-8,14,16,19H,9-10H2. The topological polar surface area (TPSA) is 12.0 Å². The lowest BCUT2D eigenvalue weighted by Crippen LogP contribution is -2.17. The van der Waals surface area contributed by atoms with Gasteiger partial charge >= 0.3 is 0 Å². The van der Waals surface area contributed by atoms with E-state index in [4.69, 9.17) is 11.6 Å². The van der Waals surface area contributed by atoms with E-state index >= 15 is 0 Å². The van der Waals surface area contributed by atoms with Crippen molar-refractivity contribution in [1.29, 1.82) is 0 Å². The summed E-state index contributed by atoms with van der Waals surface area (Å²) in [5.41, 5.74) is 2.28. The van der Waals surface area contributed by atoms with E-state index in [1.165, 1.54) is 17.7 Å². The first kappa shape index (κ1) is 12.6. The SMILES string of the molecule is Fc1ccc(C2NCCC2c2ccccc2Cl)cc1. The van der Waals surface area contributed by atoms with Crippen LogP contribution < -0.4 is 5.32 Å². The van der Waals surface area contributed by atoms with E-state index in [0.29, 0.717) is 5.92 Å². The molecule has 0 bridgehead atoms. The zero-order chi connectivity index (χ0) is 13.2. The molecule has 3 rings (SSSR count). The Labute approximate surface area is 117 Å². The first-order valence-electron chi connectivity index (χ1n) is 6.49. The van der Waals surface area contributed by atoms with Crippen molar-refractivity contribution in [3.8, 4) is 0 Å². The van der Waals surface area contributed by atoms with E-state index < -0.39 is 0 Å². The number of rotatable bonds is 2. The lowest BCUT2D eigenvalue weighted by molar-refractivity contribution is 0.573. The summed E-state index contributed by atoms with van der Waals surface area (Å²) in [6.07, 6.45) is 1.05. The first-order chi connectivity index (χ1) is 9.25. The molecule has 2 aromatic rings. The molecule has 1 nitrogen and oxygen atoms in total. The summed E-state index contributed by atoms with van der Waals surface area (Å²) in [6.45, 7) is 0.956. The monoisotopic (exact) mass is 275 g/mol. The summed E-state index contributed by atoms with van der Waals surface area (Å²) >= 11 is 6.29. The summed E-state index contributed by atoms with van der Waals surface area (Å²) in [6, 6.07) is 14.9. The molecule has 2 atom stereocenters. The third kappa shape index (κ3) is 2.51. The van der Waals surface area contributed by atoms with Crippen molar-refractivity contribution in [3.05, 3.63) is 70.5 Å². The second-order valence-corrected chi connectivity index (χ2v) is 5.31. The summed E-state index contributed by atoms with van der Waals surface area (Å²) in [7, 11) is 0.